The maximum Gasteiger partial charge on any atom is 0.287 e. The first-order chi connectivity index (χ1) is 8.83. The monoisotopic (exact) mass is 244 g/mol. The smallest absolute Gasteiger partial charge is 0.287 e. The van der Waals surface area contributed by atoms with Gasteiger partial charge in [-0.15, -0.1) is 0 Å². The summed E-state index contributed by atoms with van der Waals surface area (Å²) >= 11 is 0. The summed E-state index contributed by atoms with van der Waals surface area (Å²) in [6.07, 6.45) is 7.52. The molecule has 4 nitrogen and oxygen atoms in total. The first kappa shape index (κ1) is 11.3. The van der Waals surface area contributed by atoms with Crippen molar-refractivity contribution in [2.24, 2.45) is 0 Å². The van der Waals surface area contributed by atoms with E-state index in [0.717, 1.165) is 18.4 Å². The minimum Gasteiger partial charge on any atom is -0.449 e. The van der Waals surface area contributed by atoms with Crippen LogP contribution in [0.25, 0.3) is 11.1 Å². The van der Waals surface area contributed by atoms with Gasteiger partial charge in [-0.3, -0.25) is 9.78 Å². The maximum absolute atomic E-state index is 12.0. The summed E-state index contributed by atoms with van der Waals surface area (Å²) in [5, 5.41) is 3.04. The number of nitrogens with zero attached hydrogens (tertiary/aromatic N) is 1. The van der Waals surface area contributed by atoms with Crippen LogP contribution in [-0.2, 0) is 0 Å². The molecule has 0 radical (unpaired) electrons. The molecule has 1 amide bonds. The lowest BCUT2D eigenvalue weighted by Gasteiger charge is -2.22. The predicted molar refractivity (Wildman–Crippen MR) is 68.3 cm³/mol. The summed E-state index contributed by atoms with van der Waals surface area (Å²) in [7, 11) is 0. The minimum atomic E-state index is -0.125. The van der Waals surface area contributed by atoms with Crippen molar-refractivity contribution < 1.29 is 9.21 Å². The fourth-order valence-corrected chi connectivity index (χ4v) is 2.48. The van der Waals surface area contributed by atoms with Crippen LogP contribution < -0.4 is 5.32 Å². The fraction of sp³-hybridized carbons (Fsp3) is 0.429. The number of rotatable bonds is 2. The van der Waals surface area contributed by atoms with Gasteiger partial charge in [-0.25, -0.2) is 0 Å². The molecule has 0 aliphatic heterocycles. The van der Waals surface area contributed by atoms with E-state index in [9.17, 15) is 4.79 Å². The van der Waals surface area contributed by atoms with Gasteiger partial charge < -0.3 is 9.73 Å². The van der Waals surface area contributed by atoms with Gasteiger partial charge in [-0.2, -0.15) is 0 Å². The molecule has 0 aromatic carbocycles. The van der Waals surface area contributed by atoms with Gasteiger partial charge in [0, 0.05) is 18.3 Å². The number of hydrogen-bond acceptors (Lipinski definition) is 3. The van der Waals surface area contributed by atoms with Gasteiger partial charge in [0.05, 0.1) is 0 Å². The zero-order chi connectivity index (χ0) is 12.4. The maximum atomic E-state index is 12.0. The van der Waals surface area contributed by atoms with Crippen molar-refractivity contribution in [3.63, 3.8) is 0 Å². The summed E-state index contributed by atoms with van der Waals surface area (Å²) in [5.74, 6) is 0.231. The predicted octanol–water partition coefficient (Wildman–Crippen LogP) is 2.89. The van der Waals surface area contributed by atoms with Crippen LogP contribution in [0.2, 0.25) is 0 Å². The third kappa shape index (κ3) is 2.23. The first-order valence-electron chi connectivity index (χ1n) is 6.48. The van der Waals surface area contributed by atoms with E-state index in [-0.39, 0.29) is 5.91 Å². The van der Waals surface area contributed by atoms with Crippen molar-refractivity contribution in [2.45, 2.75) is 38.1 Å². The molecule has 0 bridgehead atoms. The zero-order valence-electron chi connectivity index (χ0n) is 10.2. The number of aromatic nitrogens is 1. The third-order valence-electron chi connectivity index (χ3n) is 3.45. The zero-order valence-corrected chi connectivity index (χ0v) is 10.2. The highest BCUT2D eigenvalue weighted by molar-refractivity contribution is 5.95. The molecule has 1 fully saturated rings. The summed E-state index contributed by atoms with van der Waals surface area (Å²) in [6, 6.07) is 5.62. The summed E-state index contributed by atoms with van der Waals surface area (Å²) in [4.78, 5) is 16.2. The molecular weight excluding hydrogens is 228 g/mol. The Morgan fingerprint density at radius 2 is 2.17 bits per heavy atom. The van der Waals surface area contributed by atoms with Crippen molar-refractivity contribution in [1.29, 1.82) is 0 Å². The molecule has 18 heavy (non-hydrogen) atoms. The molecule has 0 atom stereocenters. The molecule has 4 heteroatoms. The van der Waals surface area contributed by atoms with Crippen molar-refractivity contribution in [3.05, 3.63) is 30.2 Å². The van der Waals surface area contributed by atoms with Crippen LogP contribution in [-0.4, -0.2) is 16.9 Å². The second-order valence-corrected chi connectivity index (χ2v) is 4.81. The summed E-state index contributed by atoms with van der Waals surface area (Å²) < 4.78 is 5.50. The number of nitrogens with one attached hydrogen (secondary N) is 1. The van der Waals surface area contributed by atoms with Crippen LogP contribution in [0.4, 0.5) is 0 Å². The summed E-state index contributed by atoms with van der Waals surface area (Å²) in [6.45, 7) is 0. The van der Waals surface area contributed by atoms with E-state index in [1.165, 1.54) is 19.3 Å². The van der Waals surface area contributed by atoms with Crippen molar-refractivity contribution >= 4 is 17.0 Å². The summed E-state index contributed by atoms with van der Waals surface area (Å²) in [5.41, 5.74) is 1.39. The molecule has 0 saturated heterocycles. The Hall–Kier alpha value is -1.84. The van der Waals surface area contributed by atoms with Crippen LogP contribution in [0.5, 0.6) is 0 Å². The molecular formula is C14H16N2O2. The van der Waals surface area contributed by atoms with E-state index in [1.807, 2.05) is 6.07 Å². The van der Waals surface area contributed by atoms with E-state index < -0.39 is 0 Å². The van der Waals surface area contributed by atoms with Gasteiger partial charge in [0.25, 0.3) is 5.91 Å². The van der Waals surface area contributed by atoms with Crippen molar-refractivity contribution in [1.82, 2.24) is 10.3 Å². The Morgan fingerprint density at radius 1 is 1.33 bits per heavy atom. The van der Waals surface area contributed by atoms with Gasteiger partial charge in [0.1, 0.15) is 5.52 Å². The number of furan rings is 1. The number of amides is 1. The number of carbonyl (C=O) groups is 1. The van der Waals surface area contributed by atoms with Crippen LogP contribution in [0.3, 0.4) is 0 Å². The second-order valence-electron chi connectivity index (χ2n) is 4.81. The van der Waals surface area contributed by atoms with Crippen LogP contribution >= 0.6 is 0 Å². The topological polar surface area (TPSA) is 55.1 Å². The molecule has 0 unspecified atom stereocenters. The molecule has 1 aliphatic carbocycles. The molecule has 2 aromatic rings. The average Bonchev–Trinajstić information content (AvgIpc) is 2.84. The first-order valence-corrected chi connectivity index (χ1v) is 6.48. The Bertz CT molecular complexity index is 523. The quantitative estimate of drug-likeness (QED) is 0.883. The van der Waals surface area contributed by atoms with Crippen LogP contribution in [0.15, 0.2) is 28.8 Å². The van der Waals surface area contributed by atoms with Crippen molar-refractivity contribution in [2.75, 3.05) is 0 Å². The molecule has 1 saturated carbocycles. The number of hydrogen-bond donors (Lipinski definition) is 1. The van der Waals surface area contributed by atoms with E-state index in [1.54, 1.807) is 18.3 Å². The molecule has 2 aromatic heterocycles. The highest BCUT2D eigenvalue weighted by Crippen LogP contribution is 2.20. The van der Waals surface area contributed by atoms with Crippen LogP contribution in [0, 0.1) is 0 Å². The molecule has 2 heterocycles. The SMILES string of the molecule is O=C(NC1CCCCC1)c1cc2ncccc2o1. The van der Waals surface area contributed by atoms with Gasteiger partial charge >= 0.3 is 0 Å². The Morgan fingerprint density at radius 3 is 2.94 bits per heavy atom. The average molecular weight is 244 g/mol. The number of carbonyl (C=O) groups excluding carboxylic acids is 1. The Labute approximate surface area is 105 Å². The van der Waals surface area contributed by atoms with Gasteiger partial charge in [-0.1, -0.05) is 19.3 Å². The van der Waals surface area contributed by atoms with E-state index in [2.05, 4.69) is 10.3 Å². The van der Waals surface area contributed by atoms with E-state index >= 15 is 0 Å². The second kappa shape index (κ2) is 4.80. The fourth-order valence-electron chi connectivity index (χ4n) is 2.48. The van der Waals surface area contributed by atoms with E-state index in [0.29, 0.717) is 17.4 Å². The Balaban J connectivity index is 1.74. The third-order valence-corrected chi connectivity index (χ3v) is 3.45. The molecule has 94 valence electrons. The lowest BCUT2D eigenvalue weighted by Crippen LogP contribution is -2.35. The lowest BCUT2D eigenvalue weighted by molar-refractivity contribution is 0.0902. The number of fused-ring (bicyclic) bond motifs is 1. The highest BCUT2D eigenvalue weighted by atomic mass is 16.3. The standard InChI is InChI=1S/C14H16N2O2/c17-14(16-10-5-2-1-3-6-10)13-9-11-12(18-13)7-4-8-15-11/h4,7-10H,1-3,5-6H2,(H,16,17). The molecule has 1 aliphatic rings. The lowest BCUT2D eigenvalue weighted by atomic mass is 9.95. The van der Waals surface area contributed by atoms with E-state index in [4.69, 9.17) is 4.42 Å². The molecule has 0 spiro atoms. The minimum absolute atomic E-state index is 0.125. The van der Waals surface area contributed by atoms with Gasteiger partial charge in [-0.05, 0) is 25.0 Å². The number of pyridine rings is 1. The highest BCUT2D eigenvalue weighted by Gasteiger charge is 2.19. The Kier molecular flexibility index (Phi) is 3.00. The van der Waals surface area contributed by atoms with Crippen LogP contribution in [0.1, 0.15) is 42.7 Å². The van der Waals surface area contributed by atoms with Gasteiger partial charge in [0.2, 0.25) is 0 Å². The normalized spacial score (nSPS) is 16.9. The van der Waals surface area contributed by atoms with Gasteiger partial charge in [0.15, 0.2) is 11.3 Å². The molecule has 1 N–H and O–H groups in total. The van der Waals surface area contributed by atoms with Crippen molar-refractivity contribution in [3.8, 4) is 0 Å². The molecule has 3 rings (SSSR count). The largest absolute Gasteiger partial charge is 0.449 e.